The third-order valence-corrected chi connectivity index (χ3v) is 3.62. The van der Waals surface area contributed by atoms with Crippen molar-refractivity contribution in [3.63, 3.8) is 0 Å². The molecule has 0 amide bonds. The van der Waals surface area contributed by atoms with Crippen LogP contribution in [0.5, 0.6) is 11.5 Å². The van der Waals surface area contributed by atoms with Gasteiger partial charge in [-0.05, 0) is 25.1 Å². The molecule has 19 heavy (non-hydrogen) atoms. The summed E-state index contributed by atoms with van der Waals surface area (Å²) in [7, 11) is 0. The maximum Gasteiger partial charge on any atom is 0.162 e. The lowest BCUT2D eigenvalue weighted by molar-refractivity contribution is 0.171. The van der Waals surface area contributed by atoms with E-state index in [1.165, 1.54) is 11.8 Å². The number of benzene rings is 1. The van der Waals surface area contributed by atoms with Gasteiger partial charge in [0.05, 0.1) is 0 Å². The van der Waals surface area contributed by atoms with E-state index < -0.39 is 0 Å². The van der Waals surface area contributed by atoms with Gasteiger partial charge >= 0.3 is 0 Å². The summed E-state index contributed by atoms with van der Waals surface area (Å²) in [6.45, 7) is 3.00. The maximum absolute atomic E-state index is 5.92. The van der Waals surface area contributed by atoms with Gasteiger partial charge in [0.2, 0.25) is 0 Å². The number of rotatable bonds is 2. The number of aryl methyl sites for hydroxylation is 1. The molecule has 98 valence electrons. The topological polar surface area (TPSA) is 44.2 Å². The minimum atomic E-state index is 0.451. The van der Waals surface area contributed by atoms with Gasteiger partial charge in [-0.15, -0.1) is 0 Å². The fraction of sp³-hybridized carbons (Fsp3) is 0.231. The Morgan fingerprint density at radius 1 is 1.11 bits per heavy atom. The Morgan fingerprint density at radius 2 is 1.89 bits per heavy atom. The molecule has 0 saturated carbocycles. The third kappa shape index (κ3) is 2.93. The average Bonchev–Trinajstić information content (AvgIpc) is 2.37. The first-order chi connectivity index (χ1) is 9.20. The molecule has 2 aromatic rings. The normalized spacial score (nSPS) is 13.4. The van der Waals surface area contributed by atoms with E-state index in [1.54, 1.807) is 6.07 Å². The molecular weight excluding hydrogens is 284 g/mol. The number of hydrogen-bond acceptors (Lipinski definition) is 5. The second-order valence-corrected chi connectivity index (χ2v) is 5.46. The minimum absolute atomic E-state index is 0.451. The summed E-state index contributed by atoms with van der Waals surface area (Å²) in [6, 6.07) is 7.58. The van der Waals surface area contributed by atoms with E-state index in [4.69, 9.17) is 21.1 Å². The van der Waals surface area contributed by atoms with Crippen molar-refractivity contribution < 1.29 is 9.47 Å². The molecule has 0 radical (unpaired) electrons. The van der Waals surface area contributed by atoms with Gasteiger partial charge in [-0.2, -0.15) is 0 Å². The zero-order valence-electron chi connectivity index (χ0n) is 10.2. The highest BCUT2D eigenvalue weighted by atomic mass is 35.5. The smallest absolute Gasteiger partial charge is 0.162 e. The van der Waals surface area contributed by atoms with Crippen LogP contribution >= 0.6 is 23.4 Å². The van der Waals surface area contributed by atoms with Gasteiger partial charge in [0.1, 0.15) is 29.2 Å². The van der Waals surface area contributed by atoms with E-state index in [-0.39, 0.29) is 0 Å². The van der Waals surface area contributed by atoms with Crippen molar-refractivity contribution in [1.82, 2.24) is 9.97 Å². The van der Waals surface area contributed by atoms with Crippen molar-refractivity contribution in [2.24, 2.45) is 0 Å². The molecule has 6 heteroatoms. The van der Waals surface area contributed by atoms with Crippen molar-refractivity contribution >= 4 is 23.4 Å². The maximum atomic E-state index is 5.92. The molecule has 0 atom stereocenters. The molecule has 0 N–H and O–H groups in total. The molecule has 0 spiro atoms. The number of aromatic nitrogens is 2. The first kappa shape index (κ1) is 12.6. The van der Waals surface area contributed by atoms with Crippen LogP contribution in [0.25, 0.3) is 0 Å². The van der Waals surface area contributed by atoms with Crippen molar-refractivity contribution in [3.05, 3.63) is 35.2 Å². The first-order valence-corrected chi connectivity index (χ1v) is 6.99. The minimum Gasteiger partial charge on any atom is -0.486 e. The van der Waals surface area contributed by atoms with Crippen LogP contribution in [0.3, 0.4) is 0 Å². The van der Waals surface area contributed by atoms with Crippen molar-refractivity contribution in [3.8, 4) is 11.5 Å². The van der Waals surface area contributed by atoms with Gasteiger partial charge in [-0.3, -0.25) is 0 Å². The molecule has 1 aromatic heterocycles. The van der Waals surface area contributed by atoms with Crippen LogP contribution in [0.4, 0.5) is 0 Å². The van der Waals surface area contributed by atoms with Crippen LogP contribution in [0, 0.1) is 6.92 Å². The average molecular weight is 295 g/mol. The van der Waals surface area contributed by atoms with E-state index in [9.17, 15) is 0 Å². The van der Waals surface area contributed by atoms with Crippen LogP contribution in [-0.2, 0) is 0 Å². The molecule has 1 aliphatic rings. The van der Waals surface area contributed by atoms with E-state index >= 15 is 0 Å². The quantitative estimate of drug-likeness (QED) is 0.795. The van der Waals surface area contributed by atoms with Crippen LogP contribution in [0.1, 0.15) is 5.82 Å². The SMILES string of the molecule is Cc1nc(Cl)cc(Sc2ccc3c(c2)OCCO3)n1. The van der Waals surface area contributed by atoms with Gasteiger partial charge in [0.25, 0.3) is 0 Å². The van der Waals surface area contributed by atoms with Crippen LogP contribution < -0.4 is 9.47 Å². The molecule has 1 aliphatic heterocycles. The number of fused-ring (bicyclic) bond motifs is 1. The number of nitrogens with zero attached hydrogens (tertiary/aromatic N) is 2. The van der Waals surface area contributed by atoms with E-state index in [0.717, 1.165) is 21.4 Å². The molecule has 1 aromatic carbocycles. The van der Waals surface area contributed by atoms with Gasteiger partial charge in [0.15, 0.2) is 11.5 Å². The molecule has 0 bridgehead atoms. The van der Waals surface area contributed by atoms with E-state index in [1.807, 2.05) is 25.1 Å². The summed E-state index contributed by atoms with van der Waals surface area (Å²) < 4.78 is 11.0. The second kappa shape index (κ2) is 5.27. The highest BCUT2D eigenvalue weighted by molar-refractivity contribution is 7.99. The molecule has 4 nitrogen and oxygen atoms in total. The lowest BCUT2D eigenvalue weighted by Gasteiger charge is -2.18. The molecule has 2 heterocycles. The van der Waals surface area contributed by atoms with Crippen molar-refractivity contribution in [2.75, 3.05) is 13.2 Å². The third-order valence-electron chi connectivity index (χ3n) is 2.52. The fourth-order valence-corrected chi connectivity index (χ4v) is 2.95. The number of halogens is 1. The van der Waals surface area contributed by atoms with Crippen LogP contribution in [0.15, 0.2) is 34.2 Å². The second-order valence-electron chi connectivity index (χ2n) is 3.98. The largest absolute Gasteiger partial charge is 0.486 e. The summed E-state index contributed by atoms with van der Waals surface area (Å²) in [6.07, 6.45) is 0. The zero-order chi connectivity index (χ0) is 13.2. The van der Waals surface area contributed by atoms with E-state index in [2.05, 4.69) is 9.97 Å². The predicted octanol–water partition coefficient (Wildman–Crippen LogP) is 3.36. The van der Waals surface area contributed by atoms with Crippen molar-refractivity contribution in [1.29, 1.82) is 0 Å². The summed E-state index contributed by atoms with van der Waals surface area (Å²) in [5.74, 6) is 2.22. The molecule has 0 saturated heterocycles. The van der Waals surface area contributed by atoms with Crippen LogP contribution in [-0.4, -0.2) is 23.2 Å². The summed E-state index contributed by atoms with van der Waals surface area (Å²) >= 11 is 7.44. The molecule has 0 aliphatic carbocycles. The first-order valence-electron chi connectivity index (χ1n) is 5.79. The highest BCUT2D eigenvalue weighted by Gasteiger charge is 2.12. The molecular formula is C13H11ClN2O2S. The Labute approximate surface area is 120 Å². The zero-order valence-corrected chi connectivity index (χ0v) is 11.8. The highest BCUT2D eigenvalue weighted by Crippen LogP contribution is 2.36. The summed E-state index contributed by atoms with van der Waals surface area (Å²) in [5, 5.41) is 1.27. The lowest BCUT2D eigenvalue weighted by Crippen LogP contribution is -2.15. The predicted molar refractivity (Wildman–Crippen MR) is 73.3 cm³/mol. The Morgan fingerprint density at radius 3 is 2.68 bits per heavy atom. The Hall–Kier alpha value is -1.46. The van der Waals surface area contributed by atoms with Crippen molar-refractivity contribution in [2.45, 2.75) is 16.8 Å². The Balaban J connectivity index is 1.86. The molecule has 3 rings (SSSR count). The van der Waals surface area contributed by atoms with Gasteiger partial charge in [-0.25, -0.2) is 9.97 Å². The lowest BCUT2D eigenvalue weighted by atomic mass is 10.3. The van der Waals surface area contributed by atoms with Gasteiger partial charge in [0, 0.05) is 11.0 Å². The van der Waals surface area contributed by atoms with Crippen LogP contribution in [0.2, 0.25) is 5.15 Å². The number of hydrogen-bond donors (Lipinski definition) is 0. The fourth-order valence-electron chi connectivity index (χ4n) is 1.77. The Kier molecular flexibility index (Phi) is 3.48. The summed E-state index contributed by atoms with van der Waals surface area (Å²) in [4.78, 5) is 9.41. The Bertz CT molecular complexity index is 601. The van der Waals surface area contributed by atoms with E-state index in [0.29, 0.717) is 24.2 Å². The monoisotopic (exact) mass is 294 g/mol. The van der Waals surface area contributed by atoms with Gasteiger partial charge < -0.3 is 9.47 Å². The molecule has 0 unspecified atom stereocenters. The standard InChI is InChI=1S/C13H11ClN2O2S/c1-8-15-12(14)7-13(16-8)19-9-2-3-10-11(6-9)18-5-4-17-10/h2-3,6-7H,4-5H2,1H3. The van der Waals surface area contributed by atoms with Gasteiger partial charge in [-0.1, -0.05) is 23.4 Å². The number of ether oxygens (including phenoxy) is 2. The molecule has 0 fully saturated rings. The summed E-state index contributed by atoms with van der Waals surface area (Å²) in [5.41, 5.74) is 0.